The monoisotopic (exact) mass is 504 g/mol. The van der Waals surface area contributed by atoms with Crippen LogP contribution in [0.5, 0.6) is 5.75 Å². The van der Waals surface area contributed by atoms with Crippen molar-refractivity contribution in [2.24, 2.45) is 11.0 Å². The topological polar surface area (TPSA) is 59.7 Å². The number of ether oxygens (including phenoxy) is 1. The molecule has 3 aromatic carbocycles. The second kappa shape index (κ2) is 10.9. The maximum atomic E-state index is 13.4. The van der Waals surface area contributed by atoms with Gasteiger partial charge in [0.05, 0.1) is 35.0 Å². The van der Waals surface area contributed by atoms with E-state index in [1.807, 2.05) is 96.7 Å². The Labute approximate surface area is 223 Å². The molecule has 38 heavy (non-hydrogen) atoms. The molecule has 192 valence electrons. The van der Waals surface area contributed by atoms with Gasteiger partial charge >= 0.3 is 0 Å². The lowest BCUT2D eigenvalue weighted by Gasteiger charge is -2.12. The summed E-state index contributed by atoms with van der Waals surface area (Å²) < 4.78 is 7.88. The molecule has 0 N–H and O–H groups in total. The van der Waals surface area contributed by atoms with E-state index < -0.39 is 0 Å². The SMILES string of the molecule is CC1=NN(c2ccccc2)C(=O)C1=Cc1cn(-c2ccccc2)nc1-c1ccc(OCCC(C)C)c(C)c1. The van der Waals surface area contributed by atoms with Crippen LogP contribution in [-0.2, 0) is 4.79 Å². The van der Waals surface area contributed by atoms with Gasteiger partial charge in [-0.1, -0.05) is 50.2 Å². The Morgan fingerprint density at radius 3 is 2.26 bits per heavy atom. The number of amides is 1. The zero-order chi connectivity index (χ0) is 26.6. The maximum Gasteiger partial charge on any atom is 0.280 e. The predicted molar refractivity (Wildman–Crippen MR) is 154 cm³/mol. The lowest BCUT2D eigenvalue weighted by Crippen LogP contribution is -2.21. The molecule has 1 aromatic heterocycles. The highest BCUT2D eigenvalue weighted by atomic mass is 16.5. The van der Waals surface area contributed by atoms with Crippen LogP contribution in [-0.4, -0.2) is 28.0 Å². The fourth-order valence-corrected chi connectivity index (χ4v) is 4.38. The van der Waals surface area contributed by atoms with Crippen LogP contribution in [0, 0.1) is 12.8 Å². The molecule has 2 heterocycles. The molecule has 0 atom stereocenters. The first-order valence-electron chi connectivity index (χ1n) is 13.0. The van der Waals surface area contributed by atoms with Crippen molar-refractivity contribution in [1.29, 1.82) is 0 Å². The average Bonchev–Trinajstić information content (AvgIpc) is 3.47. The largest absolute Gasteiger partial charge is 0.493 e. The van der Waals surface area contributed by atoms with Gasteiger partial charge in [-0.15, -0.1) is 0 Å². The van der Waals surface area contributed by atoms with Crippen molar-refractivity contribution in [1.82, 2.24) is 9.78 Å². The van der Waals surface area contributed by atoms with Crippen molar-refractivity contribution in [3.63, 3.8) is 0 Å². The average molecular weight is 505 g/mol. The van der Waals surface area contributed by atoms with Gasteiger partial charge in [0.15, 0.2) is 0 Å². The number of para-hydroxylation sites is 2. The second-order valence-corrected chi connectivity index (χ2v) is 9.92. The first-order chi connectivity index (χ1) is 18.4. The normalized spacial score (nSPS) is 14.4. The van der Waals surface area contributed by atoms with Gasteiger partial charge in [0, 0.05) is 17.3 Å². The first kappa shape index (κ1) is 25.2. The summed E-state index contributed by atoms with van der Waals surface area (Å²) in [6.07, 6.45) is 4.87. The molecule has 1 amide bonds. The number of carbonyl (C=O) groups is 1. The number of aryl methyl sites for hydroxylation is 1. The highest BCUT2D eigenvalue weighted by Gasteiger charge is 2.29. The molecule has 0 fully saturated rings. The van der Waals surface area contributed by atoms with Gasteiger partial charge < -0.3 is 4.74 Å². The van der Waals surface area contributed by atoms with Crippen LogP contribution in [0.2, 0.25) is 0 Å². The highest BCUT2D eigenvalue weighted by Crippen LogP contribution is 2.32. The van der Waals surface area contributed by atoms with Crippen molar-refractivity contribution >= 4 is 23.4 Å². The number of benzene rings is 3. The van der Waals surface area contributed by atoms with Crippen molar-refractivity contribution in [3.8, 4) is 22.7 Å². The molecule has 6 nitrogen and oxygen atoms in total. The molecule has 1 aliphatic rings. The lowest BCUT2D eigenvalue weighted by atomic mass is 10.0. The summed E-state index contributed by atoms with van der Waals surface area (Å²) in [5.41, 5.74) is 6.54. The summed E-state index contributed by atoms with van der Waals surface area (Å²) in [6.45, 7) is 8.99. The zero-order valence-corrected chi connectivity index (χ0v) is 22.3. The van der Waals surface area contributed by atoms with E-state index in [1.165, 1.54) is 5.01 Å². The van der Waals surface area contributed by atoms with E-state index in [9.17, 15) is 4.79 Å². The Morgan fingerprint density at radius 1 is 0.921 bits per heavy atom. The van der Waals surface area contributed by atoms with E-state index in [1.54, 1.807) is 0 Å². The molecular formula is C32H32N4O2. The number of nitrogens with zero attached hydrogens (tertiary/aromatic N) is 4. The summed E-state index contributed by atoms with van der Waals surface area (Å²) in [5, 5.41) is 10.9. The molecule has 1 aliphatic heterocycles. The summed E-state index contributed by atoms with van der Waals surface area (Å²) in [7, 11) is 0. The molecule has 0 saturated carbocycles. The quantitative estimate of drug-likeness (QED) is 0.241. The maximum absolute atomic E-state index is 13.4. The Hall–Kier alpha value is -4.45. The zero-order valence-electron chi connectivity index (χ0n) is 22.3. The Bertz CT molecular complexity index is 1500. The summed E-state index contributed by atoms with van der Waals surface area (Å²) in [4.78, 5) is 13.4. The van der Waals surface area contributed by atoms with E-state index in [0.717, 1.165) is 45.9 Å². The predicted octanol–water partition coefficient (Wildman–Crippen LogP) is 7.08. The van der Waals surface area contributed by atoms with Gasteiger partial charge in [0.25, 0.3) is 5.91 Å². The summed E-state index contributed by atoms with van der Waals surface area (Å²) in [6, 6.07) is 25.6. The number of rotatable bonds is 8. The van der Waals surface area contributed by atoms with E-state index in [0.29, 0.717) is 23.8 Å². The Kier molecular flexibility index (Phi) is 7.22. The Morgan fingerprint density at radius 2 is 1.61 bits per heavy atom. The molecule has 5 rings (SSSR count). The minimum absolute atomic E-state index is 0.155. The highest BCUT2D eigenvalue weighted by molar-refractivity contribution is 6.32. The number of anilines is 1. The van der Waals surface area contributed by atoms with E-state index >= 15 is 0 Å². The van der Waals surface area contributed by atoms with Crippen LogP contribution in [0.3, 0.4) is 0 Å². The number of aromatic nitrogens is 2. The van der Waals surface area contributed by atoms with Crippen LogP contribution in [0.25, 0.3) is 23.0 Å². The number of hydrazone groups is 1. The molecule has 0 unspecified atom stereocenters. The third-order valence-corrected chi connectivity index (χ3v) is 6.53. The van der Waals surface area contributed by atoms with Gasteiger partial charge in [-0.25, -0.2) is 4.68 Å². The van der Waals surface area contributed by atoms with Gasteiger partial charge in [-0.3, -0.25) is 4.79 Å². The molecule has 4 aromatic rings. The van der Waals surface area contributed by atoms with Crippen LogP contribution >= 0.6 is 0 Å². The number of carbonyl (C=O) groups excluding carboxylic acids is 1. The first-order valence-corrected chi connectivity index (χ1v) is 13.0. The van der Waals surface area contributed by atoms with E-state index in [2.05, 4.69) is 31.9 Å². The lowest BCUT2D eigenvalue weighted by molar-refractivity contribution is -0.114. The Balaban J connectivity index is 1.53. The van der Waals surface area contributed by atoms with Crippen LogP contribution in [0.15, 0.2) is 95.7 Å². The van der Waals surface area contributed by atoms with Crippen molar-refractivity contribution in [2.45, 2.75) is 34.1 Å². The number of hydrogen-bond donors (Lipinski definition) is 0. The van der Waals surface area contributed by atoms with E-state index in [4.69, 9.17) is 9.84 Å². The van der Waals surface area contributed by atoms with E-state index in [-0.39, 0.29) is 5.91 Å². The molecule has 0 saturated heterocycles. The van der Waals surface area contributed by atoms with Crippen LogP contribution < -0.4 is 9.75 Å². The standard InChI is InChI=1S/C32H32N4O2/c1-22(2)17-18-38-30-16-15-25(19-23(30)3)31-26(21-35(34-31)27-11-7-5-8-12-27)20-29-24(4)33-36(32(29)37)28-13-9-6-10-14-28/h5-16,19-22H,17-18H2,1-4H3. The van der Waals surface area contributed by atoms with Gasteiger partial charge in [-0.05, 0) is 80.3 Å². The van der Waals surface area contributed by atoms with Crippen LogP contribution in [0.4, 0.5) is 5.69 Å². The smallest absolute Gasteiger partial charge is 0.280 e. The second-order valence-electron chi connectivity index (χ2n) is 9.92. The van der Waals surface area contributed by atoms with Gasteiger partial charge in [-0.2, -0.15) is 15.2 Å². The van der Waals surface area contributed by atoms with Crippen molar-refractivity contribution < 1.29 is 9.53 Å². The summed E-state index contributed by atoms with van der Waals surface area (Å²) >= 11 is 0. The molecule has 6 heteroatoms. The third-order valence-electron chi connectivity index (χ3n) is 6.53. The fraction of sp³-hybridized carbons (Fsp3) is 0.219. The van der Waals surface area contributed by atoms with Crippen molar-refractivity contribution in [3.05, 3.63) is 102 Å². The van der Waals surface area contributed by atoms with Gasteiger partial charge in [0.1, 0.15) is 5.75 Å². The third kappa shape index (κ3) is 5.30. The van der Waals surface area contributed by atoms with Gasteiger partial charge in [0.2, 0.25) is 0 Å². The fourth-order valence-electron chi connectivity index (χ4n) is 4.38. The van der Waals surface area contributed by atoms with Crippen LogP contribution in [0.1, 0.15) is 38.3 Å². The minimum Gasteiger partial charge on any atom is -0.493 e. The molecule has 0 aliphatic carbocycles. The summed E-state index contributed by atoms with van der Waals surface area (Å²) in [5.74, 6) is 1.32. The molecule has 0 spiro atoms. The van der Waals surface area contributed by atoms with Crippen molar-refractivity contribution in [2.75, 3.05) is 11.6 Å². The molecule has 0 radical (unpaired) electrons. The molecule has 0 bridgehead atoms. The minimum atomic E-state index is -0.155. The number of hydrogen-bond acceptors (Lipinski definition) is 4. The molecular weight excluding hydrogens is 472 g/mol.